The molecule has 1 aliphatic rings. The van der Waals surface area contributed by atoms with Gasteiger partial charge in [-0.05, 0) is 12.5 Å². The van der Waals surface area contributed by atoms with Crippen LogP contribution in [0.4, 0.5) is 0 Å². The number of aliphatic hydroxyl groups is 1. The molecule has 0 aromatic heterocycles. The molecule has 0 aliphatic carbocycles. The van der Waals surface area contributed by atoms with Gasteiger partial charge in [-0.1, -0.05) is 6.04 Å². The third-order valence-electron chi connectivity index (χ3n) is 2.55. The van der Waals surface area contributed by atoms with Crippen LogP contribution in [-0.2, 0) is 14.2 Å². The van der Waals surface area contributed by atoms with E-state index in [4.69, 9.17) is 19.3 Å². The number of hydrogen-bond acceptors (Lipinski definition) is 4. The summed E-state index contributed by atoms with van der Waals surface area (Å²) in [7, 11) is 2.27. The van der Waals surface area contributed by atoms with Gasteiger partial charge in [0.15, 0.2) is 0 Å². The van der Waals surface area contributed by atoms with Crippen LogP contribution >= 0.6 is 0 Å². The van der Waals surface area contributed by atoms with Gasteiger partial charge in [0.2, 0.25) is 0 Å². The maximum Gasteiger partial charge on any atom is 0.137 e. The molecule has 14 heavy (non-hydrogen) atoms. The molecule has 2 unspecified atom stereocenters. The predicted octanol–water partition coefficient (Wildman–Crippen LogP) is 0.153. The average Bonchev–Trinajstić information content (AvgIpc) is 2.99. The lowest BCUT2D eigenvalue weighted by Crippen LogP contribution is -2.35. The second-order valence-corrected chi connectivity index (χ2v) is 6.77. The van der Waals surface area contributed by atoms with Gasteiger partial charge in [0.05, 0.1) is 12.7 Å². The number of aliphatic hydroxyl groups excluding tert-OH is 1. The number of methoxy groups -OCH3 is 2. The zero-order chi connectivity index (χ0) is 10.4. The molecule has 1 aliphatic heterocycles. The lowest BCUT2D eigenvalue weighted by atomic mass is 10.5. The standard InChI is InChI=1S/C9H20O4Si/c1-11-9(12-2)14(5-3-4-10)7-8-6-13-8/h8-10,14H,3-7H2,1-2H3. The first-order valence-electron chi connectivity index (χ1n) is 5.09. The molecule has 4 nitrogen and oxygen atoms in total. The fourth-order valence-electron chi connectivity index (χ4n) is 1.74. The summed E-state index contributed by atoms with van der Waals surface area (Å²) in [4.78, 5) is 0. The van der Waals surface area contributed by atoms with Gasteiger partial charge in [0.1, 0.15) is 14.7 Å². The molecule has 5 heteroatoms. The number of ether oxygens (including phenoxy) is 3. The summed E-state index contributed by atoms with van der Waals surface area (Å²) >= 11 is 0. The van der Waals surface area contributed by atoms with Gasteiger partial charge in [0, 0.05) is 20.8 Å². The molecule has 1 heterocycles. The molecule has 0 saturated carbocycles. The zero-order valence-electron chi connectivity index (χ0n) is 8.94. The molecule has 0 bridgehead atoms. The van der Waals surface area contributed by atoms with Gasteiger partial charge in [-0.2, -0.15) is 0 Å². The molecule has 1 N–H and O–H groups in total. The Balaban J connectivity index is 2.31. The van der Waals surface area contributed by atoms with Crippen LogP contribution in [0.2, 0.25) is 12.1 Å². The van der Waals surface area contributed by atoms with E-state index >= 15 is 0 Å². The number of rotatable bonds is 8. The molecule has 0 aromatic carbocycles. The molecule has 2 atom stereocenters. The van der Waals surface area contributed by atoms with Crippen LogP contribution in [0.1, 0.15) is 6.42 Å². The third-order valence-corrected chi connectivity index (χ3v) is 6.15. The fraction of sp³-hybridized carbons (Fsp3) is 1.00. The van der Waals surface area contributed by atoms with Crippen molar-refractivity contribution in [2.45, 2.75) is 30.5 Å². The summed E-state index contributed by atoms with van der Waals surface area (Å²) < 4.78 is 15.8. The first-order valence-corrected chi connectivity index (χ1v) is 7.39. The van der Waals surface area contributed by atoms with E-state index in [0.717, 1.165) is 25.1 Å². The molecule has 84 valence electrons. The lowest BCUT2D eigenvalue weighted by molar-refractivity contribution is -0.0477. The lowest BCUT2D eigenvalue weighted by Gasteiger charge is -2.22. The molecule has 0 aromatic rings. The summed E-state index contributed by atoms with van der Waals surface area (Å²) in [6.45, 7) is 1.15. The Bertz CT molecular complexity index is 148. The highest BCUT2D eigenvalue weighted by Crippen LogP contribution is 2.21. The van der Waals surface area contributed by atoms with E-state index in [9.17, 15) is 0 Å². The van der Waals surface area contributed by atoms with E-state index in [1.807, 2.05) is 0 Å². The van der Waals surface area contributed by atoms with Crippen LogP contribution in [0.15, 0.2) is 0 Å². The molecule has 0 spiro atoms. The van der Waals surface area contributed by atoms with Gasteiger partial charge in [-0.15, -0.1) is 0 Å². The normalized spacial score (nSPS) is 22.7. The predicted molar refractivity (Wildman–Crippen MR) is 56.0 cm³/mol. The first kappa shape index (κ1) is 12.1. The Morgan fingerprint density at radius 1 is 1.50 bits per heavy atom. The van der Waals surface area contributed by atoms with Crippen LogP contribution < -0.4 is 0 Å². The van der Waals surface area contributed by atoms with E-state index in [-0.39, 0.29) is 12.5 Å². The van der Waals surface area contributed by atoms with E-state index in [0.29, 0.717) is 6.10 Å². The van der Waals surface area contributed by atoms with Crippen molar-refractivity contribution in [3.8, 4) is 0 Å². The monoisotopic (exact) mass is 220 g/mol. The van der Waals surface area contributed by atoms with Crippen LogP contribution in [0.5, 0.6) is 0 Å². The minimum Gasteiger partial charge on any atom is -0.396 e. The molecule has 1 rings (SSSR count). The van der Waals surface area contributed by atoms with Crippen LogP contribution in [0.25, 0.3) is 0 Å². The second-order valence-electron chi connectivity index (χ2n) is 3.66. The summed E-state index contributed by atoms with van der Waals surface area (Å²) in [6.07, 6.45) is 1.30. The Kier molecular flexibility index (Phi) is 5.65. The smallest absolute Gasteiger partial charge is 0.137 e. The summed E-state index contributed by atoms with van der Waals surface area (Å²) in [5, 5.41) is 8.80. The van der Waals surface area contributed by atoms with E-state index in [1.165, 1.54) is 0 Å². The highest BCUT2D eigenvalue weighted by atomic mass is 28.3. The Morgan fingerprint density at radius 3 is 2.57 bits per heavy atom. The number of hydrogen-bond donors (Lipinski definition) is 1. The van der Waals surface area contributed by atoms with Gasteiger partial charge in [0.25, 0.3) is 0 Å². The van der Waals surface area contributed by atoms with Crippen LogP contribution in [0, 0.1) is 0 Å². The maximum atomic E-state index is 8.80. The van der Waals surface area contributed by atoms with Crippen molar-refractivity contribution in [3.63, 3.8) is 0 Å². The Labute approximate surface area is 86.8 Å². The molecular weight excluding hydrogens is 200 g/mol. The van der Waals surface area contributed by atoms with Gasteiger partial charge >= 0.3 is 0 Å². The van der Waals surface area contributed by atoms with Gasteiger partial charge in [-0.3, -0.25) is 0 Å². The molecule has 1 saturated heterocycles. The largest absolute Gasteiger partial charge is 0.396 e. The molecule has 0 radical (unpaired) electrons. The average molecular weight is 220 g/mol. The second kappa shape index (κ2) is 6.52. The SMILES string of the molecule is COC(OC)[SiH](CCCO)CC1CO1. The van der Waals surface area contributed by atoms with Gasteiger partial charge < -0.3 is 19.3 Å². The molecular formula is C9H20O4Si. The molecule has 1 fully saturated rings. The van der Waals surface area contributed by atoms with Crippen molar-refractivity contribution < 1.29 is 19.3 Å². The highest BCUT2D eigenvalue weighted by Gasteiger charge is 2.32. The minimum absolute atomic E-state index is 0.0363. The number of epoxide rings is 1. The fourth-order valence-corrected chi connectivity index (χ4v) is 4.90. The summed E-state index contributed by atoms with van der Waals surface area (Å²) in [6, 6.07) is 2.16. The molecule has 0 amide bonds. The highest BCUT2D eigenvalue weighted by molar-refractivity contribution is 6.60. The Morgan fingerprint density at radius 2 is 2.14 bits per heavy atom. The minimum atomic E-state index is -1.09. The van der Waals surface area contributed by atoms with Gasteiger partial charge in [-0.25, -0.2) is 0 Å². The van der Waals surface area contributed by atoms with E-state index in [1.54, 1.807) is 14.2 Å². The quantitative estimate of drug-likeness (QED) is 0.359. The van der Waals surface area contributed by atoms with Crippen molar-refractivity contribution in [1.82, 2.24) is 0 Å². The van der Waals surface area contributed by atoms with Crippen LogP contribution in [0.3, 0.4) is 0 Å². The van der Waals surface area contributed by atoms with Crippen molar-refractivity contribution in [3.05, 3.63) is 0 Å². The van der Waals surface area contributed by atoms with Crippen molar-refractivity contribution in [1.29, 1.82) is 0 Å². The Hall–Kier alpha value is 0.0569. The van der Waals surface area contributed by atoms with E-state index in [2.05, 4.69) is 0 Å². The first-order chi connectivity index (χ1) is 6.81. The topological polar surface area (TPSA) is 51.2 Å². The zero-order valence-corrected chi connectivity index (χ0v) is 10.1. The third kappa shape index (κ3) is 4.06. The van der Waals surface area contributed by atoms with Crippen molar-refractivity contribution in [2.75, 3.05) is 27.4 Å². The summed E-state index contributed by atoms with van der Waals surface area (Å²) in [5.74, 6) is -0.0363. The van der Waals surface area contributed by atoms with Crippen LogP contribution in [-0.4, -0.2) is 53.4 Å². The van der Waals surface area contributed by atoms with E-state index < -0.39 is 8.80 Å². The van der Waals surface area contributed by atoms with Crippen molar-refractivity contribution >= 4 is 8.80 Å². The maximum absolute atomic E-state index is 8.80. The van der Waals surface area contributed by atoms with Crippen molar-refractivity contribution in [2.24, 2.45) is 0 Å². The summed E-state index contributed by atoms with van der Waals surface area (Å²) in [5.41, 5.74) is 0.